The molecule has 0 saturated carbocycles. The summed E-state index contributed by atoms with van der Waals surface area (Å²) < 4.78 is 26.0. The molecule has 0 bridgehead atoms. The zero-order chi connectivity index (χ0) is 12.4. The molecular formula is C12H8F2N2O. The Balaban J connectivity index is 2.40. The summed E-state index contributed by atoms with van der Waals surface area (Å²) in [6.07, 6.45) is 2.21. The number of carbonyl (C=O) groups excluding carboxylic acids is 1. The van der Waals surface area contributed by atoms with Gasteiger partial charge in [-0.3, -0.25) is 9.78 Å². The lowest BCUT2D eigenvalue weighted by Gasteiger charge is -2.02. The summed E-state index contributed by atoms with van der Waals surface area (Å²) in [5, 5.41) is 0. The van der Waals surface area contributed by atoms with Crippen molar-refractivity contribution in [3.8, 4) is 0 Å². The maximum absolute atomic E-state index is 13.2. The van der Waals surface area contributed by atoms with Crippen molar-refractivity contribution < 1.29 is 13.6 Å². The minimum Gasteiger partial charge on any atom is -0.396 e. The van der Waals surface area contributed by atoms with Gasteiger partial charge in [0.05, 0.1) is 11.9 Å². The van der Waals surface area contributed by atoms with Gasteiger partial charge in [0.25, 0.3) is 0 Å². The van der Waals surface area contributed by atoms with E-state index in [1.807, 2.05) is 0 Å². The largest absolute Gasteiger partial charge is 0.396 e. The van der Waals surface area contributed by atoms with Crippen molar-refractivity contribution in [3.05, 3.63) is 59.4 Å². The molecule has 2 N–H and O–H groups in total. The molecule has 1 aromatic heterocycles. The van der Waals surface area contributed by atoms with E-state index in [9.17, 15) is 13.6 Å². The lowest BCUT2D eigenvalue weighted by atomic mass is 10.0. The number of anilines is 1. The summed E-state index contributed by atoms with van der Waals surface area (Å²) in [7, 11) is 0. The molecule has 0 radical (unpaired) electrons. The van der Waals surface area contributed by atoms with E-state index < -0.39 is 17.4 Å². The van der Waals surface area contributed by atoms with Crippen molar-refractivity contribution in [3.63, 3.8) is 0 Å². The fraction of sp³-hybridized carbons (Fsp3) is 0. The number of hydrogen-bond donors (Lipinski definition) is 1. The lowest BCUT2D eigenvalue weighted by Crippen LogP contribution is -2.04. The van der Waals surface area contributed by atoms with Crippen LogP contribution in [-0.4, -0.2) is 10.8 Å². The summed E-state index contributed by atoms with van der Waals surface area (Å²) in [6.45, 7) is 0. The van der Waals surface area contributed by atoms with Gasteiger partial charge in [-0.25, -0.2) is 8.78 Å². The summed E-state index contributed by atoms with van der Waals surface area (Å²) in [4.78, 5) is 15.4. The maximum atomic E-state index is 13.2. The first-order valence-corrected chi connectivity index (χ1v) is 4.78. The number of ketones is 1. The van der Waals surface area contributed by atoms with Crippen LogP contribution in [0.15, 0.2) is 36.7 Å². The van der Waals surface area contributed by atoms with Gasteiger partial charge in [-0.15, -0.1) is 0 Å². The number of pyridine rings is 1. The molecule has 1 heterocycles. The fourth-order valence-corrected chi connectivity index (χ4v) is 1.37. The Bertz CT molecular complexity index is 584. The van der Waals surface area contributed by atoms with E-state index >= 15 is 0 Å². The van der Waals surface area contributed by atoms with E-state index in [1.165, 1.54) is 18.3 Å². The highest BCUT2D eigenvalue weighted by atomic mass is 19.1. The molecule has 86 valence electrons. The molecule has 0 aliphatic rings. The Morgan fingerprint density at radius 3 is 2.53 bits per heavy atom. The van der Waals surface area contributed by atoms with Crippen LogP contribution in [-0.2, 0) is 0 Å². The molecule has 0 aliphatic heterocycles. The maximum Gasteiger partial charge on any atom is 0.194 e. The van der Waals surface area contributed by atoms with Crippen LogP contribution in [0.5, 0.6) is 0 Å². The molecule has 0 aliphatic carbocycles. The summed E-state index contributed by atoms with van der Waals surface area (Å²) in [5.41, 5.74) is 5.42. The number of hydrogen-bond acceptors (Lipinski definition) is 3. The third-order valence-electron chi connectivity index (χ3n) is 2.23. The highest BCUT2D eigenvalue weighted by Gasteiger charge is 2.12. The number of carbonyl (C=O) groups is 1. The molecule has 1 aromatic carbocycles. The predicted octanol–water partition coefficient (Wildman–Crippen LogP) is 2.17. The number of rotatable bonds is 2. The van der Waals surface area contributed by atoms with Gasteiger partial charge in [-0.05, 0) is 24.3 Å². The second-order valence-electron chi connectivity index (χ2n) is 3.46. The first-order chi connectivity index (χ1) is 8.08. The molecule has 3 nitrogen and oxygen atoms in total. The van der Waals surface area contributed by atoms with Gasteiger partial charge in [0.1, 0.15) is 11.6 Å². The van der Waals surface area contributed by atoms with Crippen LogP contribution < -0.4 is 5.73 Å². The Kier molecular flexibility index (Phi) is 2.82. The van der Waals surface area contributed by atoms with Crippen molar-refractivity contribution in [2.45, 2.75) is 0 Å². The molecule has 0 amide bonds. The number of aromatic nitrogens is 1. The molecule has 17 heavy (non-hydrogen) atoms. The van der Waals surface area contributed by atoms with Crippen LogP contribution in [0.2, 0.25) is 0 Å². The predicted molar refractivity (Wildman–Crippen MR) is 58.4 cm³/mol. The third kappa shape index (κ3) is 2.28. The summed E-state index contributed by atoms with van der Waals surface area (Å²) >= 11 is 0. The zero-order valence-corrected chi connectivity index (χ0v) is 8.65. The van der Waals surface area contributed by atoms with Crippen molar-refractivity contribution in [1.82, 2.24) is 4.98 Å². The molecule has 2 rings (SSSR count). The van der Waals surface area contributed by atoms with Crippen LogP contribution >= 0.6 is 0 Å². The first-order valence-electron chi connectivity index (χ1n) is 4.78. The Morgan fingerprint density at radius 2 is 1.88 bits per heavy atom. The Morgan fingerprint density at radius 1 is 1.12 bits per heavy atom. The topological polar surface area (TPSA) is 56.0 Å². The fourth-order valence-electron chi connectivity index (χ4n) is 1.37. The molecule has 0 saturated heterocycles. The Hall–Kier alpha value is -2.30. The zero-order valence-electron chi connectivity index (χ0n) is 8.65. The number of halogens is 2. The van der Waals surface area contributed by atoms with Crippen LogP contribution in [0.1, 0.15) is 15.9 Å². The molecule has 5 heteroatoms. The molecule has 0 spiro atoms. The van der Waals surface area contributed by atoms with Crippen molar-refractivity contribution in [2.75, 3.05) is 5.73 Å². The molecule has 0 unspecified atom stereocenters. The molecule has 0 fully saturated rings. The standard InChI is InChI=1S/C12H8F2N2O/c13-9-3-8(5-16-6-9)12(17)7-1-2-11(15)10(14)4-7/h1-6H,15H2. The highest BCUT2D eigenvalue weighted by molar-refractivity contribution is 6.08. The van der Waals surface area contributed by atoms with Gasteiger partial charge in [0.15, 0.2) is 5.78 Å². The lowest BCUT2D eigenvalue weighted by molar-refractivity contribution is 0.103. The van der Waals surface area contributed by atoms with Crippen LogP contribution in [0.4, 0.5) is 14.5 Å². The molecule has 2 aromatic rings. The van der Waals surface area contributed by atoms with E-state index in [4.69, 9.17) is 5.73 Å². The van der Waals surface area contributed by atoms with Gasteiger partial charge >= 0.3 is 0 Å². The van der Waals surface area contributed by atoms with Crippen molar-refractivity contribution in [1.29, 1.82) is 0 Å². The van der Waals surface area contributed by atoms with Crippen molar-refractivity contribution >= 4 is 11.5 Å². The van der Waals surface area contributed by atoms with E-state index in [-0.39, 0.29) is 16.8 Å². The smallest absolute Gasteiger partial charge is 0.194 e. The van der Waals surface area contributed by atoms with Gasteiger partial charge in [0, 0.05) is 17.3 Å². The normalized spacial score (nSPS) is 10.2. The second-order valence-corrected chi connectivity index (χ2v) is 3.46. The highest BCUT2D eigenvalue weighted by Crippen LogP contribution is 2.15. The molecular weight excluding hydrogens is 226 g/mol. The van der Waals surface area contributed by atoms with Gasteiger partial charge in [0.2, 0.25) is 0 Å². The average molecular weight is 234 g/mol. The minimum absolute atomic E-state index is 0.0427. The van der Waals surface area contributed by atoms with E-state index in [1.54, 1.807) is 0 Å². The van der Waals surface area contributed by atoms with Crippen LogP contribution in [0.25, 0.3) is 0 Å². The number of benzene rings is 1. The third-order valence-corrected chi connectivity index (χ3v) is 2.23. The van der Waals surface area contributed by atoms with E-state index in [0.29, 0.717) is 0 Å². The van der Waals surface area contributed by atoms with Gasteiger partial charge in [-0.1, -0.05) is 0 Å². The van der Waals surface area contributed by atoms with Crippen molar-refractivity contribution in [2.24, 2.45) is 0 Å². The SMILES string of the molecule is Nc1ccc(C(=O)c2cncc(F)c2)cc1F. The molecule has 0 atom stereocenters. The van der Waals surface area contributed by atoms with E-state index in [0.717, 1.165) is 18.3 Å². The number of nitrogen functional groups attached to an aromatic ring is 1. The average Bonchev–Trinajstić information content (AvgIpc) is 2.32. The number of nitrogens with zero attached hydrogens (tertiary/aromatic N) is 1. The van der Waals surface area contributed by atoms with Crippen LogP contribution in [0.3, 0.4) is 0 Å². The monoisotopic (exact) mass is 234 g/mol. The van der Waals surface area contributed by atoms with Gasteiger partial charge in [-0.2, -0.15) is 0 Å². The first kappa shape index (κ1) is 11.2. The summed E-state index contributed by atoms with van der Waals surface area (Å²) in [6, 6.07) is 4.73. The quantitative estimate of drug-likeness (QED) is 0.640. The Labute approximate surface area is 95.9 Å². The number of nitrogens with two attached hydrogens (primary N) is 1. The minimum atomic E-state index is -0.680. The van der Waals surface area contributed by atoms with E-state index in [2.05, 4.69) is 4.98 Å². The summed E-state index contributed by atoms with van der Waals surface area (Å²) in [5.74, 6) is -1.80. The van der Waals surface area contributed by atoms with Gasteiger partial charge < -0.3 is 5.73 Å². The van der Waals surface area contributed by atoms with Crippen LogP contribution in [0, 0.1) is 11.6 Å². The second kappa shape index (κ2) is 4.29.